The van der Waals surface area contributed by atoms with Crippen LogP contribution in [0.5, 0.6) is 0 Å². The van der Waals surface area contributed by atoms with E-state index in [2.05, 4.69) is 39.8 Å². The molecule has 0 spiro atoms. The molecule has 1 aromatic rings. The summed E-state index contributed by atoms with van der Waals surface area (Å²) >= 11 is 3.49. The smallest absolute Gasteiger partial charge is 0.223 e. The second-order valence-corrected chi connectivity index (χ2v) is 4.70. The van der Waals surface area contributed by atoms with Crippen LogP contribution in [0, 0.1) is 0 Å². The zero-order valence-electron chi connectivity index (χ0n) is 10.6. The predicted octanol–water partition coefficient (Wildman–Crippen LogP) is 1.79. The summed E-state index contributed by atoms with van der Waals surface area (Å²) in [6, 6.07) is 4.06. The van der Waals surface area contributed by atoms with Crippen LogP contribution in [0.1, 0.15) is 25.0 Å². The third-order valence-electron chi connectivity index (χ3n) is 2.46. The number of aliphatic imine (C=N–C) groups is 2. The van der Waals surface area contributed by atoms with Gasteiger partial charge in [0.1, 0.15) is 0 Å². The summed E-state index contributed by atoms with van der Waals surface area (Å²) in [5.41, 5.74) is 19.3. The summed E-state index contributed by atoms with van der Waals surface area (Å²) in [4.78, 5) is 8.04. The van der Waals surface area contributed by atoms with Crippen molar-refractivity contribution in [2.75, 3.05) is 0 Å². The predicted molar refractivity (Wildman–Crippen MR) is 80.0 cm³/mol. The van der Waals surface area contributed by atoms with E-state index in [1.54, 1.807) is 0 Å². The van der Waals surface area contributed by atoms with Crippen molar-refractivity contribution in [1.82, 2.24) is 0 Å². The molecule has 1 aromatic carbocycles. The topological polar surface area (TPSA) is 103 Å². The number of nitrogens with two attached hydrogens (primary N) is 3. The van der Waals surface area contributed by atoms with Gasteiger partial charge in [0, 0.05) is 4.47 Å². The minimum absolute atomic E-state index is 0.0710. The van der Waals surface area contributed by atoms with Gasteiger partial charge in [-0.05, 0) is 36.1 Å². The molecule has 0 radical (unpaired) electrons. The average Bonchev–Trinajstić information content (AvgIpc) is 2.29. The first-order chi connectivity index (χ1) is 8.47. The lowest BCUT2D eigenvalue weighted by Crippen LogP contribution is -2.26. The Hall–Kier alpha value is -1.56. The maximum Gasteiger partial charge on any atom is 0.223 e. The molecule has 1 rings (SSSR count). The van der Waals surface area contributed by atoms with Crippen molar-refractivity contribution in [2.24, 2.45) is 27.2 Å². The van der Waals surface area contributed by atoms with Crippen LogP contribution in [0.2, 0.25) is 0 Å². The third-order valence-corrected chi connectivity index (χ3v) is 2.92. The van der Waals surface area contributed by atoms with Crippen LogP contribution in [-0.2, 0) is 12.8 Å². The van der Waals surface area contributed by atoms with E-state index in [4.69, 9.17) is 17.2 Å². The molecular formula is C12H18BrN5. The average molecular weight is 312 g/mol. The van der Waals surface area contributed by atoms with Crippen LogP contribution in [-0.4, -0.2) is 11.9 Å². The third kappa shape index (κ3) is 3.73. The van der Waals surface area contributed by atoms with Crippen molar-refractivity contribution < 1.29 is 0 Å². The Morgan fingerprint density at radius 1 is 1.11 bits per heavy atom. The van der Waals surface area contributed by atoms with Crippen LogP contribution in [0.4, 0.5) is 5.69 Å². The zero-order chi connectivity index (χ0) is 13.7. The Kier molecular flexibility index (Phi) is 5.15. The van der Waals surface area contributed by atoms with Gasteiger partial charge in [0.05, 0.1) is 5.69 Å². The fourth-order valence-electron chi connectivity index (χ4n) is 1.67. The maximum atomic E-state index is 5.68. The summed E-state index contributed by atoms with van der Waals surface area (Å²) in [5, 5.41) is 0. The van der Waals surface area contributed by atoms with Gasteiger partial charge < -0.3 is 17.2 Å². The van der Waals surface area contributed by atoms with E-state index < -0.39 is 0 Å². The second kappa shape index (κ2) is 6.39. The number of hydrogen-bond donors (Lipinski definition) is 3. The number of halogens is 1. The molecule has 5 nitrogen and oxygen atoms in total. The number of benzene rings is 1. The highest BCUT2D eigenvalue weighted by molar-refractivity contribution is 9.10. The highest BCUT2D eigenvalue weighted by atomic mass is 79.9. The Morgan fingerprint density at radius 2 is 1.61 bits per heavy atom. The lowest BCUT2D eigenvalue weighted by molar-refractivity contribution is 1.07. The zero-order valence-corrected chi connectivity index (χ0v) is 12.2. The monoisotopic (exact) mass is 311 g/mol. The van der Waals surface area contributed by atoms with E-state index in [-0.39, 0.29) is 11.9 Å². The Labute approximate surface area is 115 Å². The first kappa shape index (κ1) is 14.5. The van der Waals surface area contributed by atoms with Gasteiger partial charge in [0.2, 0.25) is 5.96 Å². The van der Waals surface area contributed by atoms with E-state index in [9.17, 15) is 0 Å². The molecule has 0 bridgehead atoms. The van der Waals surface area contributed by atoms with Gasteiger partial charge in [-0.3, -0.25) is 0 Å². The summed E-state index contributed by atoms with van der Waals surface area (Å²) in [6.45, 7) is 4.13. The molecule has 0 saturated carbocycles. The Bertz CT molecular complexity index is 464. The van der Waals surface area contributed by atoms with Gasteiger partial charge in [-0.1, -0.05) is 29.8 Å². The van der Waals surface area contributed by atoms with Gasteiger partial charge in [-0.2, -0.15) is 4.99 Å². The molecule has 0 fully saturated rings. The van der Waals surface area contributed by atoms with Gasteiger partial charge in [-0.25, -0.2) is 4.99 Å². The molecule has 0 amide bonds. The second-order valence-electron chi connectivity index (χ2n) is 3.79. The largest absolute Gasteiger partial charge is 0.370 e. The normalized spacial score (nSPS) is 11.4. The molecule has 0 unspecified atom stereocenters. The SMILES string of the molecule is CCc1cc(Br)cc(CC)c1N=C(N)N=C(N)N. The van der Waals surface area contributed by atoms with Crippen molar-refractivity contribution in [2.45, 2.75) is 26.7 Å². The molecule has 0 aliphatic rings. The Morgan fingerprint density at radius 3 is 2.00 bits per heavy atom. The standard InChI is InChI=1S/C12H18BrN5/c1-3-7-5-9(13)6-8(4-2)10(7)17-12(16)18-11(14)15/h5-6H,3-4H2,1-2H3,(H6,14,15,16,17,18). The van der Waals surface area contributed by atoms with Crippen molar-refractivity contribution in [3.63, 3.8) is 0 Å². The molecule has 6 N–H and O–H groups in total. The summed E-state index contributed by atoms with van der Waals surface area (Å²) in [6.07, 6.45) is 1.72. The van der Waals surface area contributed by atoms with Crippen molar-refractivity contribution in [1.29, 1.82) is 0 Å². The van der Waals surface area contributed by atoms with E-state index in [0.717, 1.165) is 34.1 Å². The van der Waals surface area contributed by atoms with Crippen LogP contribution in [0.3, 0.4) is 0 Å². The van der Waals surface area contributed by atoms with Gasteiger partial charge >= 0.3 is 0 Å². The van der Waals surface area contributed by atoms with Gasteiger partial charge in [0.25, 0.3) is 0 Å². The highest BCUT2D eigenvalue weighted by Crippen LogP contribution is 2.29. The van der Waals surface area contributed by atoms with Crippen molar-refractivity contribution in [3.8, 4) is 0 Å². The van der Waals surface area contributed by atoms with E-state index in [1.165, 1.54) is 0 Å². The number of guanidine groups is 2. The number of aryl methyl sites for hydroxylation is 2. The van der Waals surface area contributed by atoms with Crippen LogP contribution < -0.4 is 17.2 Å². The summed E-state index contributed by atoms with van der Waals surface area (Å²) < 4.78 is 1.04. The number of hydrogen-bond acceptors (Lipinski definition) is 1. The van der Waals surface area contributed by atoms with Crippen molar-refractivity contribution >= 4 is 33.5 Å². The fourth-order valence-corrected chi connectivity index (χ4v) is 2.22. The lowest BCUT2D eigenvalue weighted by atomic mass is 10.0. The Balaban J connectivity index is 3.34. The molecule has 0 aliphatic heterocycles. The molecule has 98 valence electrons. The number of rotatable bonds is 3. The first-order valence-corrected chi connectivity index (χ1v) is 6.52. The van der Waals surface area contributed by atoms with Crippen LogP contribution in [0.15, 0.2) is 26.6 Å². The minimum atomic E-state index is -0.0931. The molecular weight excluding hydrogens is 294 g/mol. The fraction of sp³-hybridized carbons (Fsp3) is 0.333. The quantitative estimate of drug-likeness (QED) is 0.585. The first-order valence-electron chi connectivity index (χ1n) is 5.73. The van der Waals surface area contributed by atoms with Crippen molar-refractivity contribution in [3.05, 3.63) is 27.7 Å². The lowest BCUT2D eigenvalue weighted by Gasteiger charge is -2.10. The molecule has 0 aliphatic carbocycles. The molecule has 18 heavy (non-hydrogen) atoms. The molecule has 0 aromatic heterocycles. The molecule has 0 saturated heterocycles. The molecule has 0 heterocycles. The van der Waals surface area contributed by atoms with E-state index in [1.807, 2.05) is 12.1 Å². The number of nitrogens with zero attached hydrogens (tertiary/aromatic N) is 2. The maximum absolute atomic E-state index is 5.68. The van der Waals surface area contributed by atoms with E-state index >= 15 is 0 Å². The summed E-state index contributed by atoms with van der Waals surface area (Å²) in [5.74, 6) is -0.0221. The summed E-state index contributed by atoms with van der Waals surface area (Å²) in [7, 11) is 0. The molecule has 0 atom stereocenters. The van der Waals surface area contributed by atoms with Gasteiger partial charge in [-0.15, -0.1) is 0 Å². The van der Waals surface area contributed by atoms with E-state index in [0.29, 0.717) is 0 Å². The molecule has 6 heteroatoms. The van der Waals surface area contributed by atoms with Gasteiger partial charge in [0.15, 0.2) is 5.96 Å². The van der Waals surface area contributed by atoms with Crippen LogP contribution in [0.25, 0.3) is 0 Å². The minimum Gasteiger partial charge on any atom is -0.370 e. The highest BCUT2D eigenvalue weighted by Gasteiger charge is 2.08. The van der Waals surface area contributed by atoms with Crippen LogP contribution >= 0.6 is 15.9 Å².